The zero-order valence-corrected chi connectivity index (χ0v) is 17.1. The Morgan fingerprint density at radius 3 is 2.27 bits per heavy atom. The molecule has 1 aliphatic rings. The van der Waals surface area contributed by atoms with Crippen LogP contribution in [0.5, 0.6) is 0 Å². The lowest BCUT2D eigenvalue weighted by Gasteiger charge is -2.35. The molecule has 0 aliphatic carbocycles. The third-order valence-corrected chi connectivity index (χ3v) is 5.20. The van der Waals surface area contributed by atoms with E-state index in [1.807, 2.05) is 43.0 Å². The number of carbonyl (C=O) groups is 2. The summed E-state index contributed by atoms with van der Waals surface area (Å²) in [6, 6.07) is 7.21. The fraction of sp³-hybridized carbons (Fsp3) is 0.636. The maximum atomic E-state index is 12.9. The van der Waals surface area contributed by atoms with E-state index in [0.717, 1.165) is 19.5 Å². The summed E-state index contributed by atoms with van der Waals surface area (Å²) in [6.45, 7) is 14.2. The van der Waals surface area contributed by atoms with Gasteiger partial charge < -0.3 is 10.2 Å². The van der Waals surface area contributed by atoms with Crippen LogP contribution in [0.4, 0.5) is 0 Å². The van der Waals surface area contributed by atoms with E-state index in [9.17, 15) is 9.59 Å². The molecule has 2 rings (SSSR count). The van der Waals surface area contributed by atoms with Gasteiger partial charge in [0.25, 0.3) is 5.91 Å². The standard InChI is InChI=1S/C22H34N2O2/c1-15(2)19(21(26)24-13-7-8-16(3)14-24)23-20(25)17-9-11-18(12-10-17)22(4,5)6/h9-12,15-16,19H,7-8,13-14H2,1-6H3,(H,23,25). The number of hydrogen-bond donors (Lipinski definition) is 1. The summed E-state index contributed by atoms with van der Waals surface area (Å²) in [5.41, 5.74) is 1.84. The number of carbonyl (C=O) groups excluding carboxylic acids is 2. The fourth-order valence-corrected chi connectivity index (χ4v) is 3.45. The van der Waals surface area contributed by atoms with Crippen molar-refractivity contribution in [3.63, 3.8) is 0 Å². The van der Waals surface area contributed by atoms with Gasteiger partial charge in [-0.2, -0.15) is 0 Å². The quantitative estimate of drug-likeness (QED) is 0.884. The van der Waals surface area contributed by atoms with Gasteiger partial charge in [0.15, 0.2) is 0 Å². The highest BCUT2D eigenvalue weighted by Crippen LogP contribution is 2.22. The molecule has 0 aromatic heterocycles. The second-order valence-electron chi connectivity index (χ2n) is 9.05. The number of piperidine rings is 1. The lowest BCUT2D eigenvalue weighted by Crippen LogP contribution is -2.53. The summed E-state index contributed by atoms with van der Waals surface area (Å²) in [4.78, 5) is 27.6. The lowest BCUT2D eigenvalue weighted by molar-refractivity contribution is -0.136. The summed E-state index contributed by atoms with van der Waals surface area (Å²) in [5.74, 6) is 0.451. The largest absolute Gasteiger partial charge is 0.341 e. The molecule has 4 heteroatoms. The third-order valence-electron chi connectivity index (χ3n) is 5.20. The molecule has 1 aromatic carbocycles. The summed E-state index contributed by atoms with van der Waals surface area (Å²) < 4.78 is 0. The van der Waals surface area contributed by atoms with Gasteiger partial charge in [-0.05, 0) is 47.8 Å². The Morgan fingerprint density at radius 2 is 1.77 bits per heavy atom. The first-order valence-corrected chi connectivity index (χ1v) is 9.79. The van der Waals surface area contributed by atoms with Gasteiger partial charge in [0, 0.05) is 18.7 Å². The summed E-state index contributed by atoms with van der Waals surface area (Å²) in [7, 11) is 0. The van der Waals surface area contributed by atoms with Crippen LogP contribution in [0.3, 0.4) is 0 Å². The SMILES string of the molecule is CC1CCCN(C(=O)C(NC(=O)c2ccc(C(C)(C)C)cc2)C(C)C)C1. The van der Waals surface area contributed by atoms with Crippen LogP contribution in [0, 0.1) is 11.8 Å². The highest BCUT2D eigenvalue weighted by atomic mass is 16.2. The summed E-state index contributed by atoms with van der Waals surface area (Å²) >= 11 is 0. The van der Waals surface area contributed by atoms with Crippen molar-refractivity contribution < 1.29 is 9.59 Å². The minimum Gasteiger partial charge on any atom is -0.341 e. The minimum absolute atomic E-state index is 0.0474. The fourth-order valence-electron chi connectivity index (χ4n) is 3.45. The number of amides is 2. The number of benzene rings is 1. The second kappa shape index (κ2) is 8.24. The number of likely N-dealkylation sites (tertiary alicyclic amines) is 1. The number of nitrogens with one attached hydrogen (secondary N) is 1. The molecule has 2 amide bonds. The Balaban J connectivity index is 2.09. The Bertz CT molecular complexity index is 629. The zero-order valence-electron chi connectivity index (χ0n) is 17.1. The number of rotatable bonds is 4. The van der Waals surface area contributed by atoms with E-state index in [1.165, 1.54) is 12.0 Å². The molecule has 2 unspecified atom stereocenters. The van der Waals surface area contributed by atoms with E-state index in [2.05, 4.69) is 33.0 Å². The van der Waals surface area contributed by atoms with Gasteiger partial charge in [0.2, 0.25) is 5.91 Å². The van der Waals surface area contributed by atoms with Crippen LogP contribution in [-0.4, -0.2) is 35.8 Å². The molecule has 0 spiro atoms. The minimum atomic E-state index is -0.477. The molecule has 26 heavy (non-hydrogen) atoms. The van der Waals surface area contributed by atoms with Crippen molar-refractivity contribution in [1.29, 1.82) is 0 Å². The van der Waals surface area contributed by atoms with Crippen molar-refractivity contribution in [2.75, 3.05) is 13.1 Å². The maximum Gasteiger partial charge on any atom is 0.251 e. The van der Waals surface area contributed by atoms with Crippen LogP contribution in [-0.2, 0) is 10.2 Å². The smallest absolute Gasteiger partial charge is 0.251 e. The van der Waals surface area contributed by atoms with E-state index in [4.69, 9.17) is 0 Å². The van der Waals surface area contributed by atoms with E-state index in [-0.39, 0.29) is 23.1 Å². The van der Waals surface area contributed by atoms with Crippen molar-refractivity contribution in [3.8, 4) is 0 Å². The molecule has 144 valence electrons. The predicted octanol–water partition coefficient (Wildman–Crippen LogP) is 4.00. The third kappa shape index (κ3) is 5.09. The van der Waals surface area contributed by atoms with Gasteiger partial charge >= 0.3 is 0 Å². The second-order valence-corrected chi connectivity index (χ2v) is 9.05. The molecule has 0 bridgehead atoms. The van der Waals surface area contributed by atoms with Crippen LogP contribution in [0.25, 0.3) is 0 Å². The number of hydrogen-bond acceptors (Lipinski definition) is 2. The van der Waals surface area contributed by atoms with Crippen LogP contribution >= 0.6 is 0 Å². The number of nitrogens with zero attached hydrogens (tertiary/aromatic N) is 1. The van der Waals surface area contributed by atoms with E-state index in [1.54, 1.807) is 0 Å². The van der Waals surface area contributed by atoms with Crippen molar-refractivity contribution in [1.82, 2.24) is 10.2 Å². The molecule has 2 atom stereocenters. The van der Waals surface area contributed by atoms with Crippen molar-refractivity contribution in [3.05, 3.63) is 35.4 Å². The van der Waals surface area contributed by atoms with Crippen LogP contribution in [0.2, 0.25) is 0 Å². The van der Waals surface area contributed by atoms with Crippen LogP contribution in [0.15, 0.2) is 24.3 Å². The summed E-state index contributed by atoms with van der Waals surface area (Å²) in [5, 5.41) is 2.97. The van der Waals surface area contributed by atoms with E-state index < -0.39 is 6.04 Å². The highest BCUT2D eigenvalue weighted by Gasteiger charge is 2.31. The lowest BCUT2D eigenvalue weighted by atomic mass is 9.86. The Morgan fingerprint density at radius 1 is 1.15 bits per heavy atom. The molecule has 0 saturated carbocycles. The molecular formula is C22H34N2O2. The van der Waals surface area contributed by atoms with Gasteiger partial charge in [0.05, 0.1) is 0 Å². The molecule has 0 radical (unpaired) electrons. The maximum absolute atomic E-state index is 12.9. The molecule has 1 aliphatic heterocycles. The Hall–Kier alpha value is -1.84. The average molecular weight is 359 g/mol. The van der Waals surface area contributed by atoms with Gasteiger partial charge in [-0.15, -0.1) is 0 Å². The Labute approximate surface area is 158 Å². The van der Waals surface area contributed by atoms with E-state index >= 15 is 0 Å². The van der Waals surface area contributed by atoms with E-state index in [0.29, 0.717) is 11.5 Å². The first-order chi connectivity index (χ1) is 12.1. The predicted molar refractivity (Wildman–Crippen MR) is 106 cm³/mol. The molecule has 1 fully saturated rings. The van der Waals surface area contributed by atoms with Gasteiger partial charge in [0.1, 0.15) is 6.04 Å². The zero-order chi connectivity index (χ0) is 19.5. The van der Waals surface area contributed by atoms with Crippen molar-refractivity contribution in [2.45, 2.75) is 65.8 Å². The first kappa shape index (κ1) is 20.5. The Kier molecular flexibility index (Phi) is 6.48. The van der Waals surface area contributed by atoms with Gasteiger partial charge in [-0.3, -0.25) is 9.59 Å². The molecule has 1 saturated heterocycles. The highest BCUT2D eigenvalue weighted by molar-refractivity contribution is 5.97. The van der Waals surface area contributed by atoms with Gasteiger partial charge in [-0.25, -0.2) is 0 Å². The monoisotopic (exact) mass is 358 g/mol. The first-order valence-electron chi connectivity index (χ1n) is 9.79. The molecule has 4 nitrogen and oxygen atoms in total. The topological polar surface area (TPSA) is 49.4 Å². The molecule has 1 N–H and O–H groups in total. The normalized spacial score (nSPS) is 19.3. The van der Waals surface area contributed by atoms with Crippen LogP contribution in [0.1, 0.15) is 70.3 Å². The van der Waals surface area contributed by atoms with Crippen molar-refractivity contribution >= 4 is 11.8 Å². The molecule has 1 heterocycles. The van der Waals surface area contributed by atoms with Crippen LogP contribution < -0.4 is 5.32 Å². The average Bonchev–Trinajstić information content (AvgIpc) is 2.58. The van der Waals surface area contributed by atoms with Gasteiger partial charge in [-0.1, -0.05) is 53.7 Å². The summed E-state index contributed by atoms with van der Waals surface area (Å²) in [6.07, 6.45) is 2.21. The molecular weight excluding hydrogens is 324 g/mol. The molecule has 1 aromatic rings. The van der Waals surface area contributed by atoms with Crippen molar-refractivity contribution in [2.24, 2.45) is 11.8 Å².